The molecule has 2 unspecified atom stereocenters. The molecule has 2 heterocycles. The van der Waals surface area contributed by atoms with E-state index in [1.165, 1.54) is 27.8 Å². The molecule has 4 heteroatoms. The van der Waals surface area contributed by atoms with Gasteiger partial charge in [0.25, 0.3) is 0 Å². The van der Waals surface area contributed by atoms with Gasteiger partial charge in [-0.3, -0.25) is 4.99 Å². The number of aromatic nitrogens is 3. The van der Waals surface area contributed by atoms with E-state index in [4.69, 9.17) is 19.9 Å². The molecule has 5 aromatic rings. The third-order valence-electron chi connectivity index (χ3n) is 10.4. The largest absolute Gasteiger partial charge is 0.252 e. The van der Waals surface area contributed by atoms with Crippen molar-refractivity contribution in [1.82, 2.24) is 15.0 Å². The van der Waals surface area contributed by atoms with Gasteiger partial charge in [-0.15, -0.1) is 0 Å². The van der Waals surface area contributed by atoms with Crippen molar-refractivity contribution in [2.45, 2.75) is 38.0 Å². The van der Waals surface area contributed by atoms with E-state index < -0.39 is 0 Å². The number of dihydropyridines is 1. The summed E-state index contributed by atoms with van der Waals surface area (Å²) in [6.45, 7) is 4.70. The molecule has 0 amide bonds. The second-order valence-electron chi connectivity index (χ2n) is 13.8. The number of aliphatic imine (C=N–C) groups is 1. The molecule has 1 aliphatic heterocycles. The molecule has 1 aromatic heterocycles. The molecule has 3 aliphatic carbocycles. The lowest BCUT2D eigenvalue weighted by Crippen LogP contribution is -2.21. The number of rotatable bonds is 5. The Hall–Kier alpha value is -5.74. The summed E-state index contributed by atoms with van der Waals surface area (Å²) >= 11 is 0. The van der Waals surface area contributed by atoms with Crippen LogP contribution in [0.1, 0.15) is 60.7 Å². The number of allylic oxidation sites excluding steroid dienone is 9. The van der Waals surface area contributed by atoms with E-state index in [0.717, 1.165) is 52.3 Å². The first-order valence-electron chi connectivity index (χ1n) is 17.2. The summed E-state index contributed by atoms with van der Waals surface area (Å²) in [6, 6.07) is 38.4. The van der Waals surface area contributed by atoms with Crippen molar-refractivity contribution in [3.05, 3.63) is 185 Å². The number of hydrogen-bond donors (Lipinski definition) is 0. The third kappa shape index (κ3) is 5.16. The van der Waals surface area contributed by atoms with Crippen molar-refractivity contribution in [1.29, 1.82) is 0 Å². The molecule has 9 rings (SSSR count). The highest BCUT2D eigenvalue weighted by Crippen LogP contribution is 2.54. The van der Waals surface area contributed by atoms with Crippen LogP contribution in [0.15, 0.2) is 162 Å². The van der Waals surface area contributed by atoms with E-state index in [9.17, 15) is 0 Å². The van der Waals surface area contributed by atoms with Crippen LogP contribution in [-0.2, 0) is 5.41 Å². The summed E-state index contributed by atoms with van der Waals surface area (Å²) in [5.74, 6) is 2.43. The summed E-state index contributed by atoms with van der Waals surface area (Å²) in [6.07, 6.45) is 15.0. The Morgan fingerprint density at radius 2 is 1.35 bits per heavy atom. The molecule has 0 radical (unpaired) electrons. The third-order valence-corrected chi connectivity index (χ3v) is 10.4. The molecule has 4 nitrogen and oxygen atoms in total. The van der Waals surface area contributed by atoms with Crippen molar-refractivity contribution >= 4 is 16.9 Å². The molecule has 0 bridgehead atoms. The minimum Gasteiger partial charge on any atom is -0.252 e. The topological polar surface area (TPSA) is 51.0 Å². The van der Waals surface area contributed by atoms with E-state index in [0.29, 0.717) is 11.6 Å². The van der Waals surface area contributed by atoms with Gasteiger partial charge in [0.05, 0.1) is 5.71 Å². The van der Waals surface area contributed by atoms with Crippen LogP contribution in [0, 0.1) is 5.92 Å². The average molecular weight is 633 g/mol. The van der Waals surface area contributed by atoms with E-state index in [1.54, 1.807) is 0 Å². The lowest BCUT2D eigenvalue weighted by molar-refractivity contribution is 0.643. The first-order chi connectivity index (χ1) is 24.0. The standard InChI is InChI=1S/C45H36N4/c1-45(2)38-24-13-12-23-34(38)36-26-37-35(27-40(29-15-6-3-7-16-29)46-41(37)28-39(36)45)32-21-14-22-33(25-32)44-48-42(30-17-8-4-9-18-30)47-43(49-44)31-19-10-5-11-20-31/h3-19,21-25,27-28,31,37H,20,26H2,1-2H3. The van der Waals surface area contributed by atoms with Crippen molar-refractivity contribution < 1.29 is 0 Å². The van der Waals surface area contributed by atoms with Gasteiger partial charge in [-0.1, -0.05) is 141 Å². The van der Waals surface area contributed by atoms with Crippen molar-refractivity contribution in [3.8, 4) is 22.8 Å². The lowest BCUT2D eigenvalue weighted by atomic mass is 9.74. The second kappa shape index (κ2) is 11.7. The van der Waals surface area contributed by atoms with Crippen molar-refractivity contribution in [2.75, 3.05) is 0 Å². The lowest BCUT2D eigenvalue weighted by Gasteiger charge is -2.32. The number of hydrogen-bond acceptors (Lipinski definition) is 4. The Labute approximate surface area is 287 Å². The van der Waals surface area contributed by atoms with Crippen LogP contribution in [0.5, 0.6) is 0 Å². The molecule has 0 saturated heterocycles. The van der Waals surface area contributed by atoms with Gasteiger partial charge in [0.1, 0.15) is 5.82 Å². The van der Waals surface area contributed by atoms with E-state index in [1.807, 2.05) is 18.2 Å². The highest BCUT2D eigenvalue weighted by Gasteiger charge is 2.41. The predicted octanol–water partition coefficient (Wildman–Crippen LogP) is 10.3. The van der Waals surface area contributed by atoms with Crippen LogP contribution in [0.3, 0.4) is 0 Å². The molecule has 4 aliphatic rings. The molecular formula is C45H36N4. The van der Waals surface area contributed by atoms with Gasteiger partial charge in [-0.05, 0) is 64.5 Å². The van der Waals surface area contributed by atoms with Crippen LogP contribution in [0.25, 0.3) is 33.9 Å². The normalized spacial score (nSPS) is 20.2. The minimum atomic E-state index is -0.0657. The molecular weight excluding hydrogens is 597 g/mol. The summed E-state index contributed by atoms with van der Waals surface area (Å²) in [5.41, 5.74) is 13.2. The monoisotopic (exact) mass is 632 g/mol. The maximum atomic E-state index is 5.35. The zero-order valence-corrected chi connectivity index (χ0v) is 27.7. The Morgan fingerprint density at radius 1 is 0.653 bits per heavy atom. The van der Waals surface area contributed by atoms with E-state index in [2.05, 4.69) is 141 Å². The zero-order valence-electron chi connectivity index (χ0n) is 27.7. The average Bonchev–Trinajstić information content (AvgIpc) is 3.39. The van der Waals surface area contributed by atoms with E-state index >= 15 is 0 Å². The number of benzene rings is 4. The highest BCUT2D eigenvalue weighted by atomic mass is 15.0. The van der Waals surface area contributed by atoms with Gasteiger partial charge in [0.2, 0.25) is 0 Å². The van der Waals surface area contributed by atoms with Crippen LogP contribution in [0.2, 0.25) is 0 Å². The van der Waals surface area contributed by atoms with Crippen molar-refractivity contribution in [3.63, 3.8) is 0 Å². The summed E-state index contributed by atoms with van der Waals surface area (Å²) < 4.78 is 0. The molecule has 4 aromatic carbocycles. The first kappa shape index (κ1) is 29.4. The summed E-state index contributed by atoms with van der Waals surface area (Å²) in [5, 5.41) is 0. The quantitative estimate of drug-likeness (QED) is 0.194. The fraction of sp³-hybridized carbons (Fsp3) is 0.156. The second-order valence-corrected chi connectivity index (χ2v) is 13.8. The molecule has 49 heavy (non-hydrogen) atoms. The van der Waals surface area contributed by atoms with Gasteiger partial charge >= 0.3 is 0 Å². The maximum Gasteiger partial charge on any atom is 0.163 e. The Balaban J connectivity index is 1.17. The smallest absolute Gasteiger partial charge is 0.163 e. The SMILES string of the molecule is CC1(C)C2=C(CC3C(=C2)N=C(c2ccccc2)C=C3c2cccc(-c3nc(-c4ccccc4)nc(C4C=CC=CC4)n3)c2)c2ccccc21. The fourth-order valence-corrected chi connectivity index (χ4v) is 7.86. The Kier molecular flexibility index (Phi) is 7.05. The molecule has 236 valence electrons. The van der Waals surface area contributed by atoms with E-state index in [-0.39, 0.29) is 17.3 Å². The van der Waals surface area contributed by atoms with Gasteiger partial charge in [0, 0.05) is 39.6 Å². The zero-order chi connectivity index (χ0) is 33.0. The van der Waals surface area contributed by atoms with Gasteiger partial charge < -0.3 is 0 Å². The Morgan fingerprint density at radius 3 is 2.12 bits per heavy atom. The molecule has 0 fully saturated rings. The van der Waals surface area contributed by atoms with Crippen LogP contribution in [-0.4, -0.2) is 20.7 Å². The molecule has 0 saturated carbocycles. The van der Waals surface area contributed by atoms with Gasteiger partial charge in [0.15, 0.2) is 11.6 Å². The Bertz CT molecular complexity index is 2300. The van der Waals surface area contributed by atoms with Crippen molar-refractivity contribution in [2.24, 2.45) is 10.9 Å². The predicted molar refractivity (Wildman–Crippen MR) is 200 cm³/mol. The first-order valence-corrected chi connectivity index (χ1v) is 17.2. The molecule has 0 spiro atoms. The summed E-state index contributed by atoms with van der Waals surface area (Å²) in [7, 11) is 0. The highest BCUT2D eigenvalue weighted by molar-refractivity contribution is 6.14. The van der Waals surface area contributed by atoms with Crippen LogP contribution in [0.4, 0.5) is 0 Å². The molecule has 0 N–H and O–H groups in total. The van der Waals surface area contributed by atoms with Crippen LogP contribution < -0.4 is 0 Å². The number of nitrogens with zero attached hydrogens (tertiary/aromatic N) is 4. The number of fused-ring (bicyclic) bond motifs is 3. The van der Waals surface area contributed by atoms with Gasteiger partial charge in [-0.2, -0.15) is 0 Å². The molecule has 2 atom stereocenters. The maximum absolute atomic E-state index is 5.35. The summed E-state index contributed by atoms with van der Waals surface area (Å²) in [4.78, 5) is 20.5. The fourth-order valence-electron chi connectivity index (χ4n) is 7.86. The van der Waals surface area contributed by atoms with Gasteiger partial charge in [-0.25, -0.2) is 15.0 Å². The van der Waals surface area contributed by atoms with Crippen LogP contribution >= 0.6 is 0 Å². The minimum absolute atomic E-state index is 0.0657.